The predicted molar refractivity (Wildman–Crippen MR) is 92.9 cm³/mol. The van der Waals surface area contributed by atoms with Crippen LogP contribution in [0.3, 0.4) is 0 Å². The first-order valence-corrected chi connectivity index (χ1v) is 8.10. The molecule has 0 saturated heterocycles. The highest BCUT2D eigenvalue weighted by molar-refractivity contribution is 6.35. The number of hydrogen-bond acceptors (Lipinski definition) is 3. The van der Waals surface area contributed by atoms with Gasteiger partial charge in [-0.05, 0) is 36.4 Å². The van der Waals surface area contributed by atoms with E-state index in [-0.39, 0.29) is 17.3 Å². The van der Waals surface area contributed by atoms with Crippen LogP contribution >= 0.6 is 23.2 Å². The Morgan fingerprint density at radius 1 is 1.08 bits per heavy atom. The van der Waals surface area contributed by atoms with Gasteiger partial charge in [-0.3, -0.25) is 14.5 Å². The number of amides is 2. The minimum Gasteiger partial charge on any atom is -0.455 e. The molecular weight excluding hydrogens is 368 g/mol. The van der Waals surface area contributed by atoms with Crippen molar-refractivity contribution < 1.29 is 18.7 Å². The van der Waals surface area contributed by atoms with Crippen LogP contribution in [0.1, 0.15) is 20.7 Å². The lowest BCUT2D eigenvalue weighted by atomic mass is 10.1. The van der Waals surface area contributed by atoms with Crippen molar-refractivity contribution in [1.82, 2.24) is 4.90 Å². The molecule has 1 atom stereocenters. The first-order chi connectivity index (χ1) is 12.0. The molecule has 1 aliphatic rings. The molecule has 7 heteroatoms. The van der Waals surface area contributed by atoms with E-state index in [1.54, 1.807) is 24.3 Å². The van der Waals surface area contributed by atoms with Gasteiger partial charge in [0.1, 0.15) is 5.75 Å². The van der Waals surface area contributed by atoms with Crippen molar-refractivity contribution in [2.24, 2.45) is 0 Å². The zero-order chi connectivity index (χ0) is 18.0. The third-order valence-corrected chi connectivity index (χ3v) is 4.12. The summed E-state index contributed by atoms with van der Waals surface area (Å²) in [6.07, 6.45) is 0.679. The molecule has 0 fully saturated rings. The van der Waals surface area contributed by atoms with E-state index < -0.39 is 18.2 Å². The fraction of sp³-hybridized carbons (Fsp3) is 0.111. The highest BCUT2D eigenvalue weighted by atomic mass is 35.5. The maximum absolute atomic E-state index is 13.9. The van der Waals surface area contributed by atoms with Crippen LogP contribution in [0, 0.1) is 0 Å². The Kier molecular flexibility index (Phi) is 5.06. The lowest BCUT2D eigenvalue weighted by Crippen LogP contribution is -2.29. The number of nitrogens with zero attached hydrogens (tertiary/aromatic N) is 1. The summed E-state index contributed by atoms with van der Waals surface area (Å²) < 4.78 is 19.0. The summed E-state index contributed by atoms with van der Waals surface area (Å²) in [5, 5.41) is 0.595. The van der Waals surface area contributed by atoms with Gasteiger partial charge in [-0.2, -0.15) is 4.39 Å². The highest BCUT2D eigenvalue weighted by Gasteiger charge is 2.34. The molecule has 2 amide bonds. The number of benzene rings is 2. The van der Waals surface area contributed by atoms with Crippen molar-refractivity contribution in [2.45, 2.75) is 6.36 Å². The van der Waals surface area contributed by atoms with Gasteiger partial charge in [-0.15, -0.1) is 0 Å². The van der Waals surface area contributed by atoms with Gasteiger partial charge in [0.15, 0.2) is 0 Å². The Hall–Kier alpha value is -2.37. The van der Waals surface area contributed by atoms with Gasteiger partial charge in [-0.1, -0.05) is 41.4 Å². The summed E-state index contributed by atoms with van der Waals surface area (Å²) in [4.78, 5) is 25.4. The summed E-state index contributed by atoms with van der Waals surface area (Å²) in [5.74, 6) is -0.659. The van der Waals surface area contributed by atoms with Crippen LogP contribution in [0.25, 0.3) is 0 Å². The van der Waals surface area contributed by atoms with Crippen molar-refractivity contribution in [1.29, 1.82) is 0 Å². The van der Waals surface area contributed by atoms with E-state index in [0.29, 0.717) is 16.1 Å². The molecule has 0 spiro atoms. The Labute approximate surface area is 153 Å². The molecule has 1 aliphatic heterocycles. The first-order valence-electron chi connectivity index (χ1n) is 7.35. The van der Waals surface area contributed by atoms with E-state index in [9.17, 15) is 14.0 Å². The number of hydrogen-bond donors (Lipinski definition) is 0. The van der Waals surface area contributed by atoms with Crippen LogP contribution in [0.5, 0.6) is 5.75 Å². The minimum absolute atomic E-state index is 0.0511. The number of fused-ring (bicyclic) bond motifs is 1. The molecule has 0 aliphatic carbocycles. The third-order valence-electron chi connectivity index (χ3n) is 3.59. The summed E-state index contributed by atoms with van der Waals surface area (Å²) in [6.45, 7) is -0.0511. The normalized spacial score (nSPS) is 14.9. The van der Waals surface area contributed by atoms with Crippen LogP contribution < -0.4 is 4.74 Å². The zero-order valence-electron chi connectivity index (χ0n) is 12.8. The summed E-state index contributed by atoms with van der Waals surface area (Å²) in [7, 11) is 0. The molecule has 3 rings (SSSR count). The van der Waals surface area contributed by atoms with Crippen LogP contribution in [-0.2, 0) is 0 Å². The number of ether oxygens (including phenoxy) is 1. The third kappa shape index (κ3) is 3.67. The Morgan fingerprint density at radius 3 is 2.32 bits per heavy atom. The summed E-state index contributed by atoms with van der Waals surface area (Å²) in [6, 6.07) is 11.0. The lowest BCUT2D eigenvalue weighted by molar-refractivity contribution is 0.0669. The molecule has 2 aromatic carbocycles. The topological polar surface area (TPSA) is 46.6 Å². The van der Waals surface area contributed by atoms with Crippen molar-refractivity contribution in [3.63, 3.8) is 0 Å². The van der Waals surface area contributed by atoms with Gasteiger partial charge in [0.05, 0.1) is 16.1 Å². The molecule has 2 aromatic rings. The quantitative estimate of drug-likeness (QED) is 0.566. The van der Waals surface area contributed by atoms with E-state index in [4.69, 9.17) is 27.9 Å². The lowest BCUT2D eigenvalue weighted by Gasteiger charge is -2.12. The van der Waals surface area contributed by atoms with E-state index in [0.717, 1.165) is 11.0 Å². The molecule has 4 nitrogen and oxygen atoms in total. The molecule has 1 heterocycles. The Bertz CT molecular complexity index is 834. The number of carbonyl (C=O) groups is 2. The number of carbonyl (C=O) groups excluding carboxylic acids is 2. The fourth-order valence-electron chi connectivity index (χ4n) is 2.41. The second-order valence-corrected chi connectivity index (χ2v) is 6.08. The van der Waals surface area contributed by atoms with Gasteiger partial charge >= 0.3 is 0 Å². The highest BCUT2D eigenvalue weighted by Crippen LogP contribution is 2.28. The molecule has 1 unspecified atom stereocenters. The molecular formula is C18H12Cl2FNO3. The molecule has 0 saturated carbocycles. The average Bonchev–Trinajstić information content (AvgIpc) is 2.83. The summed E-state index contributed by atoms with van der Waals surface area (Å²) in [5.41, 5.74) is 0.698. The molecule has 128 valence electrons. The molecule has 25 heavy (non-hydrogen) atoms. The number of imide groups is 1. The number of halogens is 3. The second kappa shape index (κ2) is 7.25. The van der Waals surface area contributed by atoms with Crippen LogP contribution in [-0.4, -0.2) is 29.6 Å². The summed E-state index contributed by atoms with van der Waals surface area (Å²) >= 11 is 11.7. The van der Waals surface area contributed by atoms with Crippen molar-refractivity contribution in [3.05, 3.63) is 75.8 Å². The van der Waals surface area contributed by atoms with Gasteiger partial charge in [-0.25, -0.2) is 0 Å². The van der Waals surface area contributed by atoms with Gasteiger partial charge < -0.3 is 4.74 Å². The molecule has 0 N–H and O–H groups in total. The molecule has 0 bridgehead atoms. The Balaban J connectivity index is 1.62. The fourth-order valence-corrected chi connectivity index (χ4v) is 2.86. The minimum atomic E-state index is -1.78. The van der Waals surface area contributed by atoms with Crippen LogP contribution in [0.2, 0.25) is 10.0 Å². The van der Waals surface area contributed by atoms with E-state index in [1.165, 1.54) is 24.3 Å². The van der Waals surface area contributed by atoms with E-state index >= 15 is 0 Å². The zero-order valence-corrected chi connectivity index (χ0v) is 14.3. The van der Waals surface area contributed by atoms with E-state index in [2.05, 4.69) is 0 Å². The second-order valence-electron chi connectivity index (χ2n) is 5.24. The number of alkyl halides is 1. The number of rotatable bonds is 5. The van der Waals surface area contributed by atoms with Gasteiger partial charge in [0, 0.05) is 11.6 Å². The van der Waals surface area contributed by atoms with Crippen LogP contribution in [0.15, 0.2) is 54.6 Å². The SMILES string of the molecule is O=C1c2ccccc2C(=O)N1C/C=C\C(F)Oc1ccc(Cl)cc1Cl. The monoisotopic (exact) mass is 379 g/mol. The van der Waals surface area contributed by atoms with E-state index in [1.807, 2.05) is 0 Å². The van der Waals surface area contributed by atoms with Crippen molar-refractivity contribution in [2.75, 3.05) is 6.54 Å². The maximum atomic E-state index is 13.9. The predicted octanol–water partition coefficient (Wildman–Crippen LogP) is 4.52. The van der Waals surface area contributed by atoms with Gasteiger partial charge in [0.2, 0.25) is 0 Å². The largest absolute Gasteiger partial charge is 0.455 e. The standard InChI is InChI=1S/C18H12Cl2FNO3/c19-11-7-8-15(14(20)10-11)25-16(21)6-3-9-22-17(23)12-4-1-2-5-13(12)18(22)24/h1-8,10,16H,9H2/b6-3-. The molecule has 0 aromatic heterocycles. The average molecular weight is 380 g/mol. The Morgan fingerprint density at radius 2 is 1.72 bits per heavy atom. The first kappa shape index (κ1) is 17.5. The van der Waals surface area contributed by atoms with Crippen molar-refractivity contribution in [3.8, 4) is 5.75 Å². The smallest absolute Gasteiger partial charge is 0.261 e. The van der Waals surface area contributed by atoms with Crippen LogP contribution in [0.4, 0.5) is 4.39 Å². The molecule has 0 radical (unpaired) electrons. The van der Waals surface area contributed by atoms with Gasteiger partial charge in [0.25, 0.3) is 18.2 Å². The maximum Gasteiger partial charge on any atom is 0.261 e. The van der Waals surface area contributed by atoms with Crippen molar-refractivity contribution >= 4 is 35.0 Å².